The predicted molar refractivity (Wildman–Crippen MR) is 77.6 cm³/mol. The summed E-state index contributed by atoms with van der Waals surface area (Å²) < 4.78 is 36.8. The van der Waals surface area contributed by atoms with Gasteiger partial charge in [0.15, 0.2) is 0 Å². The van der Waals surface area contributed by atoms with Crippen LogP contribution >= 0.6 is 11.6 Å². The van der Waals surface area contributed by atoms with E-state index in [1.165, 1.54) is 6.20 Å². The Morgan fingerprint density at radius 2 is 2.14 bits per heavy atom. The van der Waals surface area contributed by atoms with E-state index in [4.69, 9.17) is 17.3 Å². The van der Waals surface area contributed by atoms with E-state index in [1.807, 2.05) is 16.7 Å². The second-order valence-electron chi connectivity index (χ2n) is 5.27. The summed E-state index contributed by atoms with van der Waals surface area (Å²) in [5, 5.41) is 0.398. The summed E-state index contributed by atoms with van der Waals surface area (Å²) in [5.41, 5.74) is 6.21. The summed E-state index contributed by atoms with van der Waals surface area (Å²) in [6, 6.07) is 1.77. The van der Waals surface area contributed by atoms with Crippen LogP contribution in [0.3, 0.4) is 0 Å². The van der Waals surface area contributed by atoms with Crippen LogP contribution in [0, 0.1) is 0 Å². The zero-order valence-electron chi connectivity index (χ0n) is 11.7. The minimum Gasteiger partial charge on any atom is -0.397 e. The lowest BCUT2D eigenvalue weighted by molar-refractivity contribution is -0.138. The normalized spacial score (nSPS) is 20.8. The molecule has 2 heterocycles. The number of pyridine rings is 1. The van der Waals surface area contributed by atoms with Crippen LogP contribution in [0.25, 0.3) is 0 Å². The molecule has 1 aliphatic rings. The molecule has 1 aliphatic heterocycles. The molecule has 1 atom stereocenters. The number of nitrogen functional groups attached to an aromatic ring is 1. The standard InChI is InChI=1S/C13H18ClF3N4/c1-9-8-20(3-2-13(15,16)17)4-5-21(9)12-6-11(18)10(14)7-19-12/h6-7,9H,2-5,8H2,1H3,(H2,18,19)/t9-/m0/s1. The molecule has 1 fully saturated rings. The smallest absolute Gasteiger partial charge is 0.390 e. The Kier molecular flexibility index (Phi) is 4.83. The number of alkyl halides is 3. The molecule has 1 aromatic heterocycles. The molecule has 21 heavy (non-hydrogen) atoms. The van der Waals surface area contributed by atoms with Crippen molar-refractivity contribution in [1.82, 2.24) is 9.88 Å². The molecule has 0 radical (unpaired) electrons. The van der Waals surface area contributed by atoms with Gasteiger partial charge in [0.05, 0.1) is 17.1 Å². The molecule has 0 bridgehead atoms. The SMILES string of the molecule is C[C@H]1CN(CCC(F)(F)F)CCN1c1cc(N)c(Cl)cn1. The van der Waals surface area contributed by atoms with Crippen molar-refractivity contribution in [2.45, 2.75) is 25.6 Å². The fraction of sp³-hybridized carbons (Fsp3) is 0.615. The number of halogens is 4. The number of aromatic nitrogens is 1. The second kappa shape index (κ2) is 6.27. The Labute approximate surface area is 126 Å². The molecule has 0 aliphatic carbocycles. The molecule has 0 amide bonds. The fourth-order valence-electron chi connectivity index (χ4n) is 2.46. The van der Waals surface area contributed by atoms with Crippen LogP contribution in [0.15, 0.2) is 12.3 Å². The highest BCUT2D eigenvalue weighted by atomic mass is 35.5. The number of anilines is 2. The number of hydrogen-bond acceptors (Lipinski definition) is 4. The minimum absolute atomic E-state index is 0.0395. The Bertz CT molecular complexity index is 495. The third-order valence-corrected chi connectivity index (χ3v) is 3.90. The van der Waals surface area contributed by atoms with Gasteiger partial charge in [-0.1, -0.05) is 11.6 Å². The first kappa shape index (κ1) is 16.2. The summed E-state index contributed by atoms with van der Waals surface area (Å²) in [5.74, 6) is 0.708. The van der Waals surface area contributed by atoms with E-state index < -0.39 is 12.6 Å². The highest BCUT2D eigenvalue weighted by molar-refractivity contribution is 6.32. The monoisotopic (exact) mass is 322 g/mol. The first-order chi connectivity index (χ1) is 9.76. The van der Waals surface area contributed by atoms with Gasteiger partial charge in [-0.05, 0) is 6.92 Å². The van der Waals surface area contributed by atoms with Crippen molar-refractivity contribution in [2.75, 3.05) is 36.8 Å². The number of nitrogens with zero attached hydrogens (tertiary/aromatic N) is 3. The summed E-state index contributed by atoms with van der Waals surface area (Å²) >= 11 is 5.84. The third-order valence-electron chi connectivity index (χ3n) is 3.59. The van der Waals surface area contributed by atoms with E-state index in [0.717, 1.165) is 0 Å². The highest BCUT2D eigenvalue weighted by Gasteiger charge is 2.30. The van der Waals surface area contributed by atoms with Gasteiger partial charge in [0.1, 0.15) is 5.82 Å². The van der Waals surface area contributed by atoms with Crippen molar-refractivity contribution in [2.24, 2.45) is 0 Å². The molecule has 8 heteroatoms. The van der Waals surface area contributed by atoms with E-state index in [-0.39, 0.29) is 12.6 Å². The van der Waals surface area contributed by atoms with Crippen LogP contribution in [0.2, 0.25) is 5.02 Å². The van der Waals surface area contributed by atoms with Crippen LogP contribution in [0.4, 0.5) is 24.7 Å². The molecule has 1 saturated heterocycles. The summed E-state index contributed by atoms with van der Waals surface area (Å²) in [6.07, 6.45) is -3.38. The van der Waals surface area contributed by atoms with Crippen molar-refractivity contribution in [3.05, 3.63) is 17.3 Å². The van der Waals surface area contributed by atoms with Crippen LogP contribution in [0.1, 0.15) is 13.3 Å². The molecule has 118 valence electrons. The number of hydrogen-bond donors (Lipinski definition) is 1. The lowest BCUT2D eigenvalue weighted by Crippen LogP contribution is -2.52. The molecular weight excluding hydrogens is 305 g/mol. The molecule has 2 N–H and O–H groups in total. The molecular formula is C13H18ClF3N4. The van der Waals surface area contributed by atoms with Crippen molar-refractivity contribution in [3.63, 3.8) is 0 Å². The summed E-state index contributed by atoms with van der Waals surface area (Å²) in [7, 11) is 0. The van der Waals surface area contributed by atoms with E-state index in [0.29, 0.717) is 36.2 Å². The Hall–Kier alpha value is -1.21. The van der Waals surface area contributed by atoms with E-state index in [2.05, 4.69) is 4.98 Å². The molecule has 0 spiro atoms. The zero-order chi connectivity index (χ0) is 15.6. The highest BCUT2D eigenvalue weighted by Crippen LogP contribution is 2.26. The van der Waals surface area contributed by atoms with Crippen molar-refractivity contribution in [1.29, 1.82) is 0 Å². The van der Waals surface area contributed by atoms with Crippen LogP contribution in [0.5, 0.6) is 0 Å². The minimum atomic E-state index is -4.10. The number of nitrogens with two attached hydrogens (primary N) is 1. The number of piperazine rings is 1. The quantitative estimate of drug-likeness (QED) is 0.929. The zero-order valence-corrected chi connectivity index (χ0v) is 12.5. The first-order valence-electron chi connectivity index (χ1n) is 6.73. The third kappa shape index (κ3) is 4.38. The largest absolute Gasteiger partial charge is 0.397 e. The number of rotatable bonds is 3. The summed E-state index contributed by atoms with van der Waals surface area (Å²) in [6.45, 7) is 3.77. The van der Waals surface area contributed by atoms with Gasteiger partial charge >= 0.3 is 6.18 Å². The predicted octanol–water partition coefficient (Wildman–Crippen LogP) is 2.78. The van der Waals surface area contributed by atoms with Gasteiger partial charge < -0.3 is 10.6 Å². The lowest BCUT2D eigenvalue weighted by atomic mass is 10.1. The van der Waals surface area contributed by atoms with Crippen LogP contribution in [-0.4, -0.2) is 48.3 Å². The average molecular weight is 323 g/mol. The fourth-order valence-corrected chi connectivity index (χ4v) is 2.56. The van der Waals surface area contributed by atoms with E-state index in [9.17, 15) is 13.2 Å². The van der Waals surface area contributed by atoms with Gasteiger partial charge in [0.2, 0.25) is 0 Å². The molecule has 2 rings (SSSR count). The van der Waals surface area contributed by atoms with Gasteiger partial charge in [-0.2, -0.15) is 13.2 Å². The molecule has 0 unspecified atom stereocenters. The van der Waals surface area contributed by atoms with Gasteiger partial charge in [0.25, 0.3) is 0 Å². The Balaban J connectivity index is 1.96. The maximum absolute atomic E-state index is 12.3. The van der Waals surface area contributed by atoms with Gasteiger partial charge in [0, 0.05) is 44.5 Å². The van der Waals surface area contributed by atoms with Crippen molar-refractivity contribution in [3.8, 4) is 0 Å². The van der Waals surface area contributed by atoms with E-state index >= 15 is 0 Å². The van der Waals surface area contributed by atoms with Gasteiger partial charge in [-0.3, -0.25) is 4.90 Å². The van der Waals surface area contributed by atoms with Crippen molar-refractivity contribution >= 4 is 23.1 Å². The molecule has 4 nitrogen and oxygen atoms in total. The second-order valence-corrected chi connectivity index (χ2v) is 5.68. The summed E-state index contributed by atoms with van der Waals surface area (Å²) in [4.78, 5) is 8.10. The average Bonchev–Trinajstić information content (AvgIpc) is 2.39. The Morgan fingerprint density at radius 3 is 2.71 bits per heavy atom. The first-order valence-corrected chi connectivity index (χ1v) is 7.11. The molecule has 0 aromatic carbocycles. The maximum Gasteiger partial charge on any atom is 0.390 e. The van der Waals surface area contributed by atoms with Gasteiger partial charge in [-0.15, -0.1) is 0 Å². The molecule has 1 aromatic rings. The molecule has 0 saturated carbocycles. The Morgan fingerprint density at radius 1 is 1.43 bits per heavy atom. The topological polar surface area (TPSA) is 45.4 Å². The van der Waals surface area contributed by atoms with Crippen molar-refractivity contribution < 1.29 is 13.2 Å². The van der Waals surface area contributed by atoms with E-state index in [1.54, 1.807) is 6.07 Å². The van der Waals surface area contributed by atoms with Crippen LogP contribution < -0.4 is 10.6 Å². The van der Waals surface area contributed by atoms with Gasteiger partial charge in [-0.25, -0.2) is 4.98 Å². The lowest BCUT2D eigenvalue weighted by Gasteiger charge is -2.40. The maximum atomic E-state index is 12.3. The van der Waals surface area contributed by atoms with Crippen LogP contribution in [-0.2, 0) is 0 Å².